The predicted molar refractivity (Wildman–Crippen MR) is 55.1 cm³/mol. The van der Waals surface area contributed by atoms with Crippen molar-refractivity contribution in [2.45, 2.75) is 13.3 Å². The second kappa shape index (κ2) is 4.55. The van der Waals surface area contributed by atoms with Gasteiger partial charge >= 0.3 is 0 Å². The van der Waals surface area contributed by atoms with E-state index in [2.05, 4.69) is 37.8 Å². The minimum atomic E-state index is 1.10. The van der Waals surface area contributed by atoms with Crippen molar-refractivity contribution in [2.24, 2.45) is 0 Å². The highest BCUT2D eigenvalue weighted by Crippen LogP contribution is 2.06. The van der Waals surface area contributed by atoms with Gasteiger partial charge in [0.2, 0.25) is 0 Å². The maximum Gasteiger partial charge on any atom is -0.0256 e. The van der Waals surface area contributed by atoms with Crippen molar-refractivity contribution in [3.63, 3.8) is 0 Å². The third-order valence-electron chi connectivity index (χ3n) is 1.81. The van der Waals surface area contributed by atoms with E-state index < -0.39 is 0 Å². The highest BCUT2D eigenvalue weighted by atomic mass is 13.9. The summed E-state index contributed by atoms with van der Waals surface area (Å²) in [7, 11) is 0. The molecule has 0 heteroatoms. The molecular weight excluding hydrogens is 144 g/mol. The molecule has 0 bridgehead atoms. The van der Waals surface area contributed by atoms with Gasteiger partial charge in [-0.25, -0.2) is 0 Å². The zero-order valence-corrected chi connectivity index (χ0v) is 7.46. The molecule has 0 nitrogen and oxygen atoms in total. The molecule has 0 saturated heterocycles. The Morgan fingerprint density at radius 3 is 2.42 bits per heavy atom. The van der Waals surface area contributed by atoms with Crippen molar-refractivity contribution in [3.8, 4) is 0 Å². The Hall–Kier alpha value is -1.30. The molecule has 12 heavy (non-hydrogen) atoms. The lowest BCUT2D eigenvalue weighted by Crippen LogP contribution is -1.78. The van der Waals surface area contributed by atoms with E-state index in [0.717, 1.165) is 6.42 Å². The second-order valence-electron chi connectivity index (χ2n) is 2.69. The molecule has 0 spiro atoms. The molecule has 1 aromatic rings. The summed E-state index contributed by atoms with van der Waals surface area (Å²) in [4.78, 5) is 0. The Labute approximate surface area is 74.2 Å². The zero-order chi connectivity index (χ0) is 8.81. The Kier molecular flexibility index (Phi) is 3.34. The molecule has 0 saturated carbocycles. The van der Waals surface area contributed by atoms with Crippen molar-refractivity contribution in [2.75, 3.05) is 0 Å². The Morgan fingerprint density at radius 2 is 1.92 bits per heavy atom. The molecule has 0 aliphatic heterocycles. The molecule has 0 heterocycles. The minimum Gasteiger partial charge on any atom is -0.0991 e. The third-order valence-corrected chi connectivity index (χ3v) is 1.81. The molecule has 0 amide bonds. The first-order valence-corrected chi connectivity index (χ1v) is 4.25. The topological polar surface area (TPSA) is 0 Å². The standard InChI is InChI=1S/C12H14/c1-3-5-6-12-9-7-11(4-2)8-10-12/h3,5-10H,1,4H2,2H3. The van der Waals surface area contributed by atoms with Gasteiger partial charge in [0.15, 0.2) is 0 Å². The number of hydrogen-bond donors (Lipinski definition) is 0. The number of aryl methyl sites for hydroxylation is 1. The first-order valence-electron chi connectivity index (χ1n) is 4.25. The van der Waals surface area contributed by atoms with Gasteiger partial charge in [-0.15, -0.1) is 0 Å². The number of hydrogen-bond acceptors (Lipinski definition) is 0. The van der Waals surface area contributed by atoms with E-state index in [1.54, 1.807) is 6.08 Å². The Balaban J connectivity index is 2.77. The van der Waals surface area contributed by atoms with Crippen LogP contribution < -0.4 is 0 Å². The van der Waals surface area contributed by atoms with Gasteiger partial charge in [0.1, 0.15) is 0 Å². The van der Waals surface area contributed by atoms with Gasteiger partial charge in [-0.1, -0.05) is 56.0 Å². The predicted octanol–water partition coefficient (Wildman–Crippen LogP) is 3.45. The van der Waals surface area contributed by atoms with Crippen LogP contribution in [0.2, 0.25) is 0 Å². The lowest BCUT2D eigenvalue weighted by molar-refractivity contribution is 1.14. The maximum absolute atomic E-state index is 3.62. The van der Waals surface area contributed by atoms with Crippen molar-refractivity contribution in [1.82, 2.24) is 0 Å². The van der Waals surface area contributed by atoms with Gasteiger partial charge in [-0.3, -0.25) is 0 Å². The first-order chi connectivity index (χ1) is 5.86. The van der Waals surface area contributed by atoms with Gasteiger partial charge in [-0.05, 0) is 17.5 Å². The Morgan fingerprint density at radius 1 is 1.25 bits per heavy atom. The highest BCUT2D eigenvalue weighted by molar-refractivity contribution is 5.51. The average molecular weight is 158 g/mol. The molecule has 0 atom stereocenters. The van der Waals surface area contributed by atoms with Crippen LogP contribution in [-0.2, 0) is 6.42 Å². The molecule has 0 unspecified atom stereocenters. The molecule has 62 valence electrons. The summed E-state index contributed by atoms with van der Waals surface area (Å²) in [6.07, 6.45) is 6.88. The van der Waals surface area contributed by atoms with Crippen LogP contribution in [0, 0.1) is 0 Å². The van der Waals surface area contributed by atoms with E-state index in [1.165, 1.54) is 11.1 Å². The molecule has 0 N–H and O–H groups in total. The monoisotopic (exact) mass is 158 g/mol. The van der Waals surface area contributed by atoms with Crippen LogP contribution in [0.25, 0.3) is 6.08 Å². The van der Waals surface area contributed by atoms with Gasteiger partial charge in [0.05, 0.1) is 0 Å². The quantitative estimate of drug-likeness (QED) is 0.591. The first kappa shape index (κ1) is 8.79. The number of benzene rings is 1. The summed E-state index contributed by atoms with van der Waals surface area (Å²) in [5.41, 5.74) is 2.61. The molecule has 0 aliphatic carbocycles. The van der Waals surface area contributed by atoms with Gasteiger partial charge in [0, 0.05) is 0 Å². The van der Waals surface area contributed by atoms with Crippen LogP contribution in [0.5, 0.6) is 0 Å². The van der Waals surface area contributed by atoms with Crippen LogP contribution in [0.1, 0.15) is 18.1 Å². The summed E-state index contributed by atoms with van der Waals surface area (Å²) < 4.78 is 0. The summed E-state index contributed by atoms with van der Waals surface area (Å²) in [5, 5.41) is 0. The summed E-state index contributed by atoms with van der Waals surface area (Å²) >= 11 is 0. The highest BCUT2D eigenvalue weighted by Gasteiger charge is 1.87. The lowest BCUT2D eigenvalue weighted by atomic mass is 10.1. The van der Waals surface area contributed by atoms with Crippen molar-refractivity contribution < 1.29 is 0 Å². The van der Waals surface area contributed by atoms with Crippen LogP contribution in [0.15, 0.2) is 43.0 Å². The van der Waals surface area contributed by atoms with E-state index in [0.29, 0.717) is 0 Å². The van der Waals surface area contributed by atoms with Crippen LogP contribution in [0.3, 0.4) is 0 Å². The molecule has 1 aromatic carbocycles. The summed E-state index contributed by atoms with van der Waals surface area (Å²) in [5.74, 6) is 0. The summed E-state index contributed by atoms with van der Waals surface area (Å²) in [6.45, 7) is 5.78. The normalized spacial score (nSPS) is 10.4. The lowest BCUT2D eigenvalue weighted by Gasteiger charge is -1.96. The molecule has 0 fully saturated rings. The minimum absolute atomic E-state index is 1.10. The van der Waals surface area contributed by atoms with Crippen LogP contribution in [-0.4, -0.2) is 0 Å². The van der Waals surface area contributed by atoms with E-state index in [9.17, 15) is 0 Å². The fourth-order valence-corrected chi connectivity index (χ4v) is 1.04. The second-order valence-corrected chi connectivity index (χ2v) is 2.69. The largest absolute Gasteiger partial charge is 0.0991 e. The van der Waals surface area contributed by atoms with Crippen molar-refractivity contribution in [3.05, 3.63) is 54.1 Å². The van der Waals surface area contributed by atoms with E-state index in [4.69, 9.17) is 0 Å². The van der Waals surface area contributed by atoms with E-state index in [-0.39, 0.29) is 0 Å². The van der Waals surface area contributed by atoms with Crippen LogP contribution in [0.4, 0.5) is 0 Å². The van der Waals surface area contributed by atoms with Crippen LogP contribution >= 0.6 is 0 Å². The van der Waals surface area contributed by atoms with Gasteiger partial charge in [-0.2, -0.15) is 0 Å². The van der Waals surface area contributed by atoms with Crippen molar-refractivity contribution in [1.29, 1.82) is 0 Å². The maximum atomic E-state index is 3.62. The van der Waals surface area contributed by atoms with Crippen molar-refractivity contribution >= 4 is 6.08 Å². The molecule has 1 rings (SSSR count). The summed E-state index contributed by atoms with van der Waals surface area (Å²) in [6, 6.07) is 8.56. The van der Waals surface area contributed by atoms with Gasteiger partial charge in [0.25, 0.3) is 0 Å². The molecule has 0 aliphatic rings. The van der Waals surface area contributed by atoms with Gasteiger partial charge < -0.3 is 0 Å². The number of rotatable bonds is 3. The van der Waals surface area contributed by atoms with E-state index in [1.807, 2.05) is 12.2 Å². The average Bonchev–Trinajstić information content (AvgIpc) is 2.15. The SMILES string of the molecule is C=CC=Cc1ccc(CC)cc1. The molecular formula is C12H14. The Bertz CT molecular complexity index is 265. The zero-order valence-electron chi connectivity index (χ0n) is 7.46. The van der Waals surface area contributed by atoms with E-state index >= 15 is 0 Å². The smallest absolute Gasteiger partial charge is 0.0256 e. The third kappa shape index (κ3) is 2.39. The molecule has 0 radical (unpaired) electrons. The fourth-order valence-electron chi connectivity index (χ4n) is 1.04. The number of allylic oxidation sites excluding steroid dienone is 2. The molecule has 0 aromatic heterocycles. The fraction of sp³-hybridized carbons (Fsp3) is 0.167.